The van der Waals surface area contributed by atoms with Gasteiger partial charge in [0.25, 0.3) is 5.91 Å². The summed E-state index contributed by atoms with van der Waals surface area (Å²) >= 11 is 0. The van der Waals surface area contributed by atoms with Crippen LogP contribution in [0, 0.1) is 0 Å². The summed E-state index contributed by atoms with van der Waals surface area (Å²) in [6.45, 7) is 3.52. The Morgan fingerprint density at radius 1 is 1.09 bits per heavy atom. The second-order valence-electron chi connectivity index (χ2n) is 8.26. The molecule has 4 rings (SSSR count). The van der Waals surface area contributed by atoms with Crippen molar-refractivity contribution >= 4 is 11.9 Å². The molecule has 182 valence electrons. The fraction of sp³-hybridized carbons (Fsp3) is 0.462. The number of hydrogen-bond donors (Lipinski definition) is 0. The van der Waals surface area contributed by atoms with Crippen LogP contribution in [0.2, 0.25) is 0 Å². The molecule has 2 atom stereocenters. The molecular formula is C26H31NO7. The fourth-order valence-electron chi connectivity index (χ4n) is 4.51. The summed E-state index contributed by atoms with van der Waals surface area (Å²) in [4.78, 5) is 27.1. The van der Waals surface area contributed by atoms with Gasteiger partial charge in [0.2, 0.25) is 0 Å². The molecule has 1 amide bonds. The van der Waals surface area contributed by atoms with Crippen LogP contribution in [-0.2, 0) is 20.7 Å². The number of hydrogen-bond acceptors (Lipinski definition) is 7. The van der Waals surface area contributed by atoms with Crippen molar-refractivity contribution in [3.05, 3.63) is 53.1 Å². The Labute approximate surface area is 199 Å². The first-order valence-corrected chi connectivity index (χ1v) is 11.6. The van der Waals surface area contributed by atoms with Gasteiger partial charge in [-0.2, -0.15) is 0 Å². The molecule has 0 N–H and O–H groups in total. The van der Waals surface area contributed by atoms with Crippen LogP contribution in [0.4, 0.5) is 0 Å². The number of ether oxygens (including phenoxy) is 5. The van der Waals surface area contributed by atoms with Gasteiger partial charge in [-0.25, -0.2) is 4.79 Å². The van der Waals surface area contributed by atoms with Gasteiger partial charge in [0.1, 0.15) is 18.5 Å². The van der Waals surface area contributed by atoms with E-state index in [4.69, 9.17) is 23.7 Å². The summed E-state index contributed by atoms with van der Waals surface area (Å²) in [5.74, 6) is 1.49. The minimum atomic E-state index is -0.409. The molecule has 8 nitrogen and oxygen atoms in total. The van der Waals surface area contributed by atoms with Crippen molar-refractivity contribution in [3.8, 4) is 17.2 Å². The highest BCUT2D eigenvalue weighted by Gasteiger charge is 2.37. The normalized spacial score (nSPS) is 19.3. The molecule has 1 saturated heterocycles. The molecule has 0 aromatic heterocycles. The second-order valence-corrected chi connectivity index (χ2v) is 8.26. The second kappa shape index (κ2) is 10.8. The molecule has 0 radical (unpaired) electrons. The molecule has 2 unspecified atom stereocenters. The Balaban J connectivity index is 1.59. The summed E-state index contributed by atoms with van der Waals surface area (Å²) in [6.07, 6.45) is 1.92. The van der Waals surface area contributed by atoms with Crippen molar-refractivity contribution in [3.63, 3.8) is 0 Å². The molecule has 2 aromatic carbocycles. The zero-order valence-corrected chi connectivity index (χ0v) is 19.9. The van der Waals surface area contributed by atoms with Crippen LogP contribution in [0.1, 0.15) is 47.3 Å². The number of fused-ring (bicyclic) bond motifs is 1. The summed E-state index contributed by atoms with van der Waals surface area (Å²) in [5, 5.41) is 0. The van der Waals surface area contributed by atoms with Crippen molar-refractivity contribution < 1.29 is 33.3 Å². The third-order valence-electron chi connectivity index (χ3n) is 6.26. The Bertz CT molecular complexity index is 1010. The van der Waals surface area contributed by atoms with E-state index in [1.165, 1.54) is 0 Å². The molecule has 0 saturated carbocycles. The average Bonchev–Trinajstić information content (AvgIpc) is 3.41. The SMILES string of the molecule is CCOC(=O)c1ccc(OCC2c3cc(OC)c(OC)cc3CCN2C(=O)C2CCCO2)cc1. The Morgan fingerprint density at radius 3 is 2.47 bits per heavy atom. The zero-order chi connectivity index (χ0) is 24.1. The molecule has 1 fully saturated rings. The van der Waals surface area contributed by atoms with Gasteiger partial charge < -0.3 is 28.6 Å². The number of esters is 1. The van der Waals surface area contributed by atoms with E-state index < -0.39 is 6.10 Å². The number of amides is 1. The third-order valence-corrected chi connectivity index (χ3v) is 6.26. The highest BCUT2D eigenvalue weighted by Crippen LogP contribution is 2.39. The number of nitrogens with zero attached hydrogens (tertiary/aromatic N) is 1. The van der Waals surface area contributed by atoms with Gasteiger partial charge >= 0.3 is 5.97 Å². The lowest BCUT2D eigenvalue weighted by Gasteiger charge is -2.38. The van der Waals surface area contributed by atoms with Crippen LogP contribution in [0.3, 0.4) is 0 Å². The molecule has 0 spiro atoms. The fourth-order valence-corrected chi connectivity index (χ4v) is 4.51. The average molecular weight is 470 g/mol. The lowest BCUT2D eigenvalue weighted by atomic mass is 9.91. The molecular weight excluding hydrogens is 438 g/mol. The van der Waals surface area contributed by atoms with Crippen molar-refractivity contribution in [1.82, 2.24) is 4.90 Å². The van der Waals surface area contributed by atoms with Crippen LogP contribution in [0.15, 0.2) is 36.4 Å². The van der Waals surface area contributed by atoms with Gasteiger partial charge in [-0.05, 0) is 73.7 Å². The Kier molecular flexibility index (Phi) is 7.57. The first-order valence-electron chi connectivity index (χ1n) is 11.6. The van der Waals surface area contributed by atoms with Gasteiger partial charge in [-0.1, -0.05) is 0 Å². The van der Waals surface area contributed by atoms with Crippen LogP contribution >= 0.6 is 0 Å². The predicted molar refractivity (Wildman–Crippen MR) is 125 cm³/mol. The van der Waals surface area contributed by atoms with E-state index in [0.717, 1.165) is 24.0 Å². The molecule has 0 aliphatic carbocycles. The highest BCUT2D eigenvalue weighted by molar-refractivity contribution is 5.89. The maximum absolute atomic E-state index is 13.3. The van der Waals surface area contributed by atoms with E-state index in [9.17, 15) is 9.59 Å². The Hall–Kier alpha value is -3.26. The lowest BCUT2D eigenvalue weighted by Crippen LogP contribution is -2.46. The molecule has 2 aliphatic heterocycles. The number of benzene rings is 2. The number of methoxy groups -OCH3 is 2. The van der Waals surface area contributed by atoms with E-state index in [-0.39, 0.29) is 24.5 Å². The van der Waals surface area contributed by atoms with Crippen molar-refractivity contribution in [1.29, 1.82) is 0 Å². The number of carbonyl (C=O) groups excluding carboxylic acids is 2. The molecule has 2 aliphatic rings. The van der Waals surface area contributed by atoms with Crippen LogP contribution in [0.5, 0.6) is 17.2 Å². The monoisotopic (exact) mass is 469 g/mol. The van der Waals surface area contributed by atoms with Crippen molar-refractivity contribution in [2.24, 2.45) is 0 Å². The van der Waals surface area contributed by atoms with E-state index in [1.54, 1.807) is 45.4 Å². The lowest BCUT2D eigenvalue weighted by molar-refractivity contribution is -0.144. The summed E-state index contributed by atoms with van der Waals surface area (Å²) in [6, 6.07) is 10.4. The minimum Gasteiger partial charge on any atom is -0.493 e. The summed E-state index contributed by atoms with van der Waals surface area (Å²) in [5.41, 5.74) is 2.53. The predicted octanol–water partition coefficient (Wildman–Crippen LogP) is 3.56. The molecule has 8 heteroatoms. The topological polar surface area (TPSA) is 83.5 Å². The van der Waals surface area contributed by atoms with Crippen molar-refractivity contribution in [2.45, 2.75) is 38.3 Å². The van der Waals surface area contributed by atoms with Gasteiger partial charge in [0.05, 0.1) is 32.4 Å². The third kappa shape index (κ3) is 4.97. The maximum Gasteiger partial charge on any atom is 0.338 e. The van der Waals surface area contributed by atoms with E-state index in [0.29, 0.717) is 49.0 Å². The molecule has 0 bridgehead atoms. The van der Waals surface area contributed by atoms with E-state index >= 15 is 0 Å². The minimum absolute atomic E-state index is 0.0100. The number of carbonyl (C=O) groups is 2. The smallest absolute Gasteiger partial charge is 0.338 e. The first kappa shape index (κ1) is 23.9. The first-order chi connectivity index (χ1) is 16.5. The zero-order valence-electron chi connectivity index (χ0n) is 19.9. The van der Waals surface area contributed by atoms with Crippen LogP contribution < -0.4 is 14.2 Å². The van der Waals surface area contributed by atoms with Gasteiger partial charge in [-0.3, -0.25) is 4.79 Å². The molecule has 2 heterocycles. The maximum atomic E-state index is 13.3. The molecule has 2 aromatic rings. The van der Waals surface area contributed by atoms with E-state index in [2.05, 4.69) is 0 Å². The van der Waals surface area contributed by atoms with Gasteiger partial charge in [0.15, 0.2) is 11.5 Å². The molecule has 34 heavy (non-hydrogen) atoms. The summed E-state index contributed by atoms with van der Waals surface area (Å²) in [7, 11) is 3.21. The van der Waals surface area contributed by atoms with Crippen molar-refractivity contribution in [2.75, 3.05) is 40.6 Å². The van der Waals surface area contributed by atoms with Crippen LogP contribution in [-0.4, -0.2) is 63.5 Å². The standard InChI is InChI=1S/C26H31NO7/c1-4-32-26(29)17-7-9-19(10-8-17)34-16-21-20-15-24(31-3)23(30-2)14-18(20)11-12-27(21)25(28)22-6-5-13-33-22/h7-10,14-15,21-22H,4-6,11-13,16H2,1-3H3. The summed E-state index contributed by atoms with van der Waals surface area (Å²) < 4.78 is 27.8. The Morgan fingerprint density at radius 2 is 1.82 bits per heavy atom. The van der Waals surface area contributed by atoms with Crippen LogP contribution in [0.25, 0.3) is 0 Å². The van der Waals surface area contributed by atoms with Gasteiger partial charge in [-0.15, -0.1) is 0 Å². The van der Waals surface area contributed by atoms with Gasteiger partial charge in [0, 0.05) is 13.2 Å². The van der Waals surface area contributed by atoms with E-state index in [1.807, 2.05) is 17.0 Å². The number of rotatable bonds is 8. The highest BCUT2D eigenvalue weighted by atomic mass is 16.5. The largest absolute Gasteiger partial charge is 0.493 e. The quantitative estimate of drug-likeness (QED) is 0.547.